The zero-order valence-corrected chi connectivity index (χ0v) is 14.3. The van der Waals surface area contributed by atoms with E-state index in [1.165, 1.54) is 18.2 Å². The van der Waals surface area contributed by atoms with E-state index in [0.29, 0.717) is 6.42 Å². The molecule has 0 aliphatic rings. The summed E-state index contributed by atoms with van der Waals surface area (Å²) in [5.41, 5.74) is 1.29. The van der Waals surface area contributed by atoms with Crippen molar-refractivity contribution in [1.29, 1.82) is 5.26 Å². The summed E-state index contributed by atoms with van der Waals surface area (Å²) in [6, 6.07) is 15.6. The van der Waals surface area contributed by atoms with Gasteiger partial charge in [0.1, 0.15) is 11.3 Å². The molecule has 134 valence electrons. The number of carbonyl (C=O) groups is 2. The van der Waals surface area contributed by atoms with Crippen molar-refractivity contribution < 1.29 is 24.2 Å². The standard InChI is InChI=1S/C20H19NO5/c1-2-25-20(24)16-12-15(13-21)9-10-17(16)26-18(19(22)23)11-8-14-6-4-3-5-7-14/h3-7,9-10,12,18H,2,8,11H2,1H3,(H,22,23). The summed E-state index contributed by atoms with van der Waals surface area (Å²) in [4.78, 5) is 23.7. The van der Waals surface area contributed by atoms with Crippen LogP contribution in [0.3, 0.4) is 0 Å². The van der Waals surface area contributed by atoms with Crippen LogP contribution in [-0.4, -0.2) is 29.8 Å². The monoisotopic (exact) mass is 353 g/mol. The van der Waals surface area contributed by atoms with Crippen LogP contribution in [0.25, 0.3) is 0 Å². The van der Waals surface area contributed by atoms with Gasteiger partial charge in [-0.2, -0.15) is 5.26 Å². The van der Waals surface area contributed by atoms with Gasteiger partial charge in [0.25, 0.3) is 0 Å². The molecule has 2 rings (SSSR count). The van der Waals surface area contributed by atoms with Crippen molar-refractivity contribution in [3.8, 4) is 11.8 Å². The van der Waals surface area contributed by atoms with Crippen LogP contribution in [0.15, 0.2) is 48.5 Å². The minimum atomic E-state index is -1.13. The number of nitriles is 1. The van der Waals surface area contributed by atoms with Crippen molar-refractivity contribution in [2.24, 2.45) is 0 Å². The van der Waals surface area contributed by atoms with E-state index in [1.807, 2.05) is 36.4 Å². The third-order valence-electron chi connectivity index (χ3n) is 3.69. The number of carboxylic acids is 1. The first-order valence-electron chi connectivity index (χ1n) is 8.19. The molecule has 0 aliphatic carbocycles. The molecule has 2 aromatic carbocycles. The Balaban J connectivity index is 2.20. The molecular weight excluding hydrogens is 334 g/mol. The topological polar surface area (TPSA) is 96.6 Å². The number of carbonyl (C=O) groups excluding carboxylic acids is 1. The zero-order chi connectivity index (χ0) is 18.9. The lowest BCUT2D eigenvalue weighted by Crippen LogP contribution is -2.28. The molecule has 26 heavy (non-hydrogen) atoms. The molecule has 0 aliphatic heterocycles. The first-order valence-corrected chi connectivity index (χ1v) is 8.19. The summed E-state index contributed by atoms with van der Waals surface area (Å²) in [5, 5.41) is 18.5. The number of hydrogen-bond acceptors (Lipinski definition) is 5. The zero-order valence-electron chi connectivity index (χ0n) is 14.3. The summed E-state index contributed by atoms with van der Waals surface area (Å²) in [6.45, 7) is 1.82. The highest BCUT2D eigenvalue weighted by Crippen LogP contribution is 2.24. The maximum absolute atomic E-state index is 12.1. The van der Waals surface area contributed by atoms with Gasteiger partial charge in [-0.05, 0) is 43.5 Å². The molecule has 2 aromatic rings. The summed E-state index contributed by atoms with van der Waals surface area (Å²) < 4.78 is 10.5. The van der Waals surface area contributed by atoms with Crippen molar-refractivity contribution in [3.05, 3.63) is 65.2 Å². The summed E-state index contributed by atoms with van der Waals surface area (Å²) in [6.07, 6.45) is -0.374. The van der Waals surface area contributed by atoms with Gasteiger partial charge in [0.15, 0.2) is 6.10 Å². The lowest BCUT2D eigenvalue weighted by atomic mass is 10.1. The maximum Gasteiger partial charge on any atom is 0.344 e. The summed E-state index contributed by atoms with van der Waals surface area (Å²) in [5.74, 6) is -1.70. The molecule has 0 amide bonds. The Morgan fingerprint density at radius 3 is 2.54 bits per heavy atom. The van der Waals surface area contributed by atoms with Gasteiger partial charge < -0.3 is 14.6 Å². The summed E-state index contributed by atoms with van der Waals surface area (Å²) in [7, 11) is 0. The predicted molar refractivity (Wildman–Crippen MR) is 93.9 cm³/mol. The molecule has 1 N–H and O–H groups in total. The van der Waals surface area contributed by atoms with Crippen LogP contribution in [0.2, 0.25) is 0 Å². The van der Waals surface area contributed by atoms with Crippen molar-refractivity contribution in [2.45, 2.75) is 25.9 Å². The van der Waals surface area contributed by atoms with E-state index >= 15 is 0 Å². The van der Waals surface area contributed by atoms with E-state index in [4.69, 9.17) is 14.7 Å². The number of esters is 1. The van der Waals surface area contributed by atoms with Crippen molar-refractivity contribution in [3.63, 3.8) is 0 Å². The van der Waals surface area contributed by atoms with Gasteiger partial charge >= 0.3 is 11.9 Å². The normalized spacial score (nSPS) is 11.2. The first kappa shape index (κ1) is 19.0. The quantitative estimate of drug-likeness (QED) is 0.732. The molecule has 0 aromatic heterocycles. The largest absolute Gasteiger partial charge is 0.479 e. The number of rotatable bonds is 8. The Morgan fingerprint density at radius 2 is 1.92 bits per heavy atom. The van der Waals surface area contributed by atoms with Gasteiger partial charge in [-0.15, -0.1) is 0 Å². The van der Waals surface area contributed by atoms with Crippen LogP contribution in [0.5, 0.6) is 5.75 Å². The van der Waals surface area contributed by atoms with E-state index in [9.17, 15) is 14.7 Å². The second-order valence-electron chi connectivity index (χ2n) is 5.51. The Bertz CT molecular complexity index is 811. The van der Waals surface area contributed by atoms with E-state index in [2.05, 4.69) is 0 Å². The average Bonchev–Trinajstić information content (AvgIpc) is 2.66. The first-order chi connectivity index (χ1) is 12.5. The minimum absolute atomic E-state index is 0.0388. The fraction of sp³-hybridized carbons (Fsp3) is 0.250. The third kappa shape index (κ3) is 5.08. The van der Waals surface area contributed by atoms with E-state index < -0.39 is 18.0 Å². The minimum Gasteiger partial charge on any atom is -0.479 e. The number of aryl methyl sites for hydroxylation is 1. The maximum atomic E-state index is 12.1. The van der Waals surface area contributed by atoms with Gasteiger partial charge in [-0.1, -0.05) is 30.3 Å². The molecule has 0 spiro atoms. The van der Waals surface area contributed by atoms with Crippen molar-refractivity contribution in [2.75, 3.05) is 6.61 Å². The molecule has 1 unspecified atom stereocenters. The van der Waals surface area contributed by atoms with Gasteiger partial charge in [0, 0.05) is 0 Å². The van der Waals surface area contributed by atoms with Crippen LogP contribution in [0.1, 0.15) is 34.8 Å². The fourth-order valence-electron chi connectivity index (χ4n) is 2.40. The molecule has 0 radical (unpaired) electrons. The fourth-order valence-corrected chi connectivity index (χ4v) is 2.40. The predicted octanol–water partition coefficient (Wildman–Crippen LogP) is 3.20. The van der Waals surface area contributed by atoms with Crippen LogP contribution < -0.4 is 4.74 Å². The van der Waals surface area contributed by atoms with Crippen LogP contribution in [0, 0.1) is 11.3 Å². The lowest BCUT2D eigenvalue weighted by molar-refractivity contribution is -0.145. The van der Waals surface area contributed by atoms with Gasteiger partial charge in [-0.25, -0.2) is 9.59 Å². The number of nitrogens with zero attached hydrogens (tertiary/aromatic N) is 1. The highest BCUT2D eigenvalue weighted by molar-refractivity contribution is 5.93. The van der Waals surface area contributed by atoms with E-state index in [0.717, 1.165) is 5.56 Å². The molecule has 0 fully saturated rings. The number of benzene rings is 2. The molecule has 0 saturated carbocycles. The molecule has 6 heteroatoms. The van der Waals surface area contributed by atoms with Crippen molar-refractivity contribution in [1.82, 2.24) is 0 Å². The van der Waals surface area contributed by atoms with Crippen LogP contribution >= 0.6 is 0 Å². The number of hydrogen-bond donors (Lipinski definition) is 1. The van der Waals surface area contributed by atoms with E-state index in [-0.39, 0.29) is 29.9 Å². The molecule has 0 heterocycles. The van der Waals surface area contributed by atoms with Crippen LogP contribution in [-0.2, 0) is 16.0 Å². The number of carboxylic acid groups (broad SMARTS) is 1. The Morgan fingerprint density at radius 1 is 1.19 bits per heavy atom. The second-order valence-corrected chi connectivity index (χ2v) is 5.51. The number of aliphatic carboxylic acids is 1. The Hall–Kier alpha value is -3.33. The number of ether oxygens (including phenoxy) is 2. The smallest absolute Gasteiger partial charge is 0.344 e. The Kier molecular flexibility index (Phi) is 6.75. The van der Waals surface area contributed by atoms with Gasteiger partial charge in [-0.3, -0.25) is 0 Å². The average molecular weight is 353 g/mol. The molecule has 0 saturated heterocycles. The van der Waals surface area contributed by atoms with E-state index in [1.54, 1.807) is 6.92 Å². The molecule has 1 atom stereocenters. The molecule has 6 nitrogen and oxygen atoms in total. The highest BCUT2D eigenvalue weighted by atomic mass is 16.5. The lowest BCUT2D eigenvalue weighted by Gasteiger charge is -2.17. The van der Waals surface area contributed by atoms with Gasteiger partial charge in [0.05, 0.1) is 18.2 Å². The highest BCUT2D eigenvalue weighted by Gasteiger charge is 2.23. The third-order valence-corrected chi connectivity index (χ3v) is 3.69. The molecule has 0 bridgehead atoms. The van der Waals surface area contributed by atoms with Crippen molar-refractivity contribution >= 4 is 11.9 Å². The second kappa shape index (κ2) is 9.23. The SMILES string of the molecule is CCOC(=O)c1cc(C#N)ccc1OC(CCc1ccccc1)C(=O)O. The van der Waals surface area contributed by atoms with Crippen LogP contribution in [0.4, 0.5) is 0 Å². The van der Waals surface area contributed by atoms with Gasteiger partial charge in [0.2, 0.25) is 0 Å². The summed E-state index contributed by atoms with van der Waals surface area (Å²) >= 11 is 0. The Labute approximate surface area is 151 Å². The molecular formula is C20H19NO5.